The number of nitrogens with zero attached hydrogens (tertiary/aromatic N) is 1. The number of aliphatic hydroxyl groups is 1. The van der Waals surface area contributed by atoms with Crippen molar-refractivity contribution in [3.05, 3.63) is 0 Å². The summed E-state index contributed by atoms with van der Waals surface area (Å²) in [5.41, 5.74) is 0. The van der Waals surface area contributed by atoms with Gasteiger partial charge in [-0.3, -0.25) is 4.79 Å². The van der Waals surface area contributed by atoms with Crippen molar-refractivity contribution in [2.24, 2.45) is 0 Å². The van der Waals surface area contributed by atoms with Crippen molar-refractivity contribution in [1.29, 1.82) is 0 Å². The van der Waals surface area contributed by atoms with Crippen LogP contribution in [0.4, 0.5) is 0 Å². The Labute approximate surface area is 102 Å². The Balaban J connectivity index is 2.42. The first-order valence-electron chi connectivity index (χ1n) is 5.68. The smallest absolute Gasteiger partial charge is 0.305 e. The van der Waals surface area contributed by atoms with Crippen LogP contribution in [0.3, 0.4) is 0 Å². The van der Waals surface area contributed by atoms with Gasteiger partial charge in [-0.05, 0) is 19.3 Å². The summed E-state index contributed by atoms with van der Waals surface area (Å²) in [7, 11) is -2.08. The molecule has 1 aliphatic rings. The summed E-state index contributed by atoms with van der Waals surface area (Å²) in [5, 5.41) is 9.41. The monoisotopic (exact) mass is 265 g/mol. The molecule has 0 aromatic heterocycles. The molecule has 17 heavy (non-hydrogen) atoms. The Morgan fingerprint density at radius 3 is 2.82 bits per heavy atom. The molecule has 0 spiro atoms. The van der Waals surface area contributed by atoms with Gasteiger partial charge in [-0.1, -0.05) is 0 Å². The molecule has 1 aliphatic heterocycles. The van der Waals surface area contributed by atoms with E-state index in [2.05, 4.69) is 4.74 Å². The first-order valence-corrected chi connectivity index (χ1v) is 7.29. The summed E-state index contributed by atoms with van der Waals surface area (Å²) >= 11 is 0. The van der Waals surface area contributed by atoms with Crippen LogP contribution in [0.1, 0.15) is 25.7 Å². The fourth-order valence-electron chi connectivity index (χ4n) is 1.80. The van der Waals surface area contributed by atoms with Crippen LogP contribution < -0.4 is 0 Å². The van der Waals surface area contributed by atoms with Crippen LogP contribution in [0.25, 0.3) is 0 Å². The number of piperidine rings is 1. The minimum Gasteiger partial charge on any atom is -0.469 e. The van der Waals surface area contributed by atoms with E-state index in [1.165, 1.54) is 11.4 Å². The third-order valence-electron chi connectivity index (χ3n) is 2.76. The quantitative estimate of drug-likeness (QED) is 0.692. The Bertz CT molecular complexity index is 354. The van der Waals surface area contributed by atoms with Crippen LogP contribution in [0, 0.1) is 0 Å². The molecule has 0 bridgehead atoms. The second-order valence-electron chi connectivity index (χ2n) is 4.15. The Morgan fingerprint density at radius 1 is 1.53 bits per heavy atom. The van der Waals surface area contributed by atoms with E-state index < -0.39 is 22.1 Å². The lowest BCUT2D eigenvalue weighted by atomic mass is 10.1. The molecule has 0 aliphatic carbocycles. The number of ether oxygens (including phenoxy) is 1. The van der Waals surface area contributed by atoms with Crippen molar-refractivity contribution in [3.63, 3.8) is 0 Å². The predicted molar refractivity (Wildman–Crippen MR) is 61.9 cm³/mol. The van der Waals surface area contributed by atoms with Crippen LogP contribution in [0.5, 0.6) is 0 Å². The molecule has 7 heteroatoms. The molecule has 0 amide bonds. The SMILES string of the molecule is COC(=O)CCCS(=O)(=O)N1CCCC(O)C1. The van der Waals surface area contributed by atoms with E-state index in [-0.39, 0.29) is 25.1 Å². The molecule has 1 unspecified atom stereocenters. The number of esters is 1. The van der Waals surface area contributed by atoms with E-state index in [9.17, 15) is 18.3 Å². The van der Waals surface area contributed by atoms with Gasteiger partial charge >= 0.3 is 5.97 Å². The van der Waals surface area contributed by atoms with Gasteiger partial charge in [0, 0.05) is 19.5 Å². The molecule has 1 fully saturated rings. The number of hydrogen-bond acceptors (Lipinski definition) is 5. The molecule has 6 nitrogen and oxygen atoms in total. The molecule has 1 N–H and O–H groups in total. The molecular weight excluding hydrogens is 246 g/mol. The summed E-state index contributed by atoms with van der Waals surface area (Å²) < 4.78 is 29.5. The van der Waals surface area contributed by atoms with Crippen molar-refractivity contribution in [2.75, 3.05) is 26.0 Å². The number of carbonyl (C=O) groups excluding carboxylic acids is 1. The van der Waals surface area contributed by atoms with Gasteiger partial charge in [0.25, 0.3) is 0 Å². The molecule has 100 valence electrons. The highest BCUT2D eigenvalue weighted by Gasteiger charge is 2.27. The number of carbonyl (C=O) groups is 1. The van der Waals surface area contributed by atoms with Gasteiger partial charge in [0.2, 0.25) is 10.0 Å². The lowest BCUT2D eigenvalue weighted by molar-refractivity contribution is -0.140. The van der Waals surface area contributed by atoms with Crippen molar-refractivity contribution in [3.8, 4) is 0 Å². The maximum atomic E-state index is 11.9. The van der Waals surface area contributed by atoms with Crippen molar-refractivity contribution in [1.82, 2.24) is 4.31 Å². The van der Waals surface area contributed by atoms with Crippen LogP contribution in [-0.4, -0.2) is 55.9 Å². The molecule has 1 heterocycles. The minimum atomic E-state index is -3.35. The predicted octanol–water partition coefficient (Wildman–Crippen LogP) is -0.274. The highest BCUT2D eigenvalue weighted by atomic mass is 32.2. The first kappa shape index (κ1) is 14.4. The molecule has 0 saturated carbocycles. The zero-order valence-electron chi connectivity index (χ0n) is 9.96. The Kier molecular flexibility index (Phi) is 5.35. The van der Waals surface area contributed by atoms with Gasteiger partial charge in [0.1, 0.15) is 0 Å². The standard InChI is InChI=1S/C10H19NO5S/c1-16-10(13)5-3-7-17(14,15)11-6-2-4-9(12)8-11/h9,12H,2-8H2,1H3. The summed E-state index contributed by atoms with van der Waals surface area (Å²) in [6.45, 7) is 0.623. The third kappa shape index (κ3) is 4.61. The number of hydrogen-bond donors (Lipinski definition) is 1. The molecule has 1 rings (SSSR count). The zero-order chi connectivity index (χ0) is 12.9. The fourth-order valence-corrected chi connectivity index (χ4v) is 3.38. The minimum absolute atomic E-state index is 0.0746. The number of rotatable bonds is 5. The largest absolute Gasteiger partial charge is 0.469 e. The van der Waals surface area contributed by atoms with Gasteiger partial charge in [-0.15, -0.1) is 0 Å². The second-order valence-corrected chi connectivity index (χ2v) is 6.24. The highest BCUT2D eigenvalue weighted by molar-refractivity contribution is 7.89. The average molecular weight is 265 g/mol. The van der Waals surface area contributed by atoms with Gasteiger partial charge in [-0.2, -0.15) is 4.31 Å². The molecular formula is C10H19NO5S. The molecule has 1 atom stereocenters. The lowest BCUT2D eigenvalue weighted by Crippen LogP contribution is -2.43. The topological polar surface area (TPSA) is 83.9 Å². The van der Waals surface area contributed by atoms with Gasteiger partial charge in [0.15, 0.2) is 0 Å². The number of aliphatic hydroxyl groups excluding tert-OH is 1. The first-order chi connectivity index (χ1) is 7.95. The Morgan fingerprint density at radius 2 is 2.24 bits per heavy atom. The number of sulfonamides is 1. The zero-order valence-corrected chi connectivity index (χ0v) is 10.8. The molecule has 1 saturated heterocycles. The van der Waals surface area contributed by atoms with Crippen molar-refractivity contribution < 1.29 is 23.1 Å². The van der Waals surface area contributed by atoms with Gasteiger partial charge in [-0.25, -0.2) is 8.42 Å². The van der Waals surface area contributed by atoms with E-state index in [0.29, 0.717) is 19.4 Å². The fraction of sp³-hybridized carbons (Fsp3) is 0.900. The lowest BCUT2D eigenvalue weighted by Gasteiger charge is -2.29. The summed E-state index contributed by atoms with van der Waals surface area (Å²) in [4.78, 5) is 10.9. The maximum Gasteiger partial charge on any atom is 0.305 e. The van der Waals surface area contributed by atoms with Crippen LogP contribution in [0.2, 0.25) is 0 Å². The van der Waals surface area contributed by atoms with Gasteiger partial charge in [0.05, 0.1) is 19.0 Å². The average Bonchev–Trinajstić information content (AvgIpc) is 2.28. The number of methoxy groups -OCH3 is 1. The summed E-state index contributed by atoms with van der Waals surface area (Å²) in [6.07, 6.45) is 1.11. The second kappa shape index (κ2) is 6.32. The van der Waals surface area contributed by atoms with Crippen LogP contribution >= 0.6 is 0 Å². The molecule has 0 radical (unpaired) electrons. The number of β-amino-alcohol motifs (C(OH)–C–C–N with tert-alkyl or cyclic N) is 1. The summed E-state index contributed by atoms with van der Waals surface area (Å²) in [6, 6.07) is 0. The highest BCUT2D eigenvalue weighted by Crippen LogP contribution is 2.15. The molecule has 0 aromatic rings. The van der Waals surface area contributed by atoms with Gasteiger partial charge < -0.3 is 9.84 Å². The van der Waals surface area contributed by atoms with E-state index >= 15 is 0 Å². The Hall–Kier alpha value is -0.660. The van der Waals surface area contributed by atoms with E-state index in [1.54, 1.807) is 0 Å². The third-order valence-corrected chi connectivity index (χ3v) is 4.69. The van der Waals surface area contributed by atoms with E-state index in [1.807, 2.05) is 0 Å². The van der Waals surface area contributed by atoms with E-state index in [4.69, 9.17) is 0 Å². The van der Waals surface area contributed by atoms with Crippen LogP contribution in [0.15, 0.2) is 0 Å². The summed E-state index contributed by atoms with van der Waals surface area (Å²) in [5.74, 6) is -0.478. The van der Waals surface area contributed by atoms with Crippen molar-refractivity contribution in [2.45, 2.75) is 31.8 Å². The van der Waals surface area contributed by atoms with Crippen LogP contribution in [-0.2, 0) is 19.6 Å². The van der Waals surface area contributed by atoms with E-state index in [0.717, 1.165) is 0 Å². The maximum absolute atomic E-state index is 11.9. The van der Waals surface area contributed by atoms with Crippen molar-refractivity contribution >= 4 is 16.0 Å². The normalized spacial score (nSPS) is 22.4. The molecule has 0 aromatic carbocycles.